The number of rotatable bonds is 5. The number of halogens is 1. The molecular formula is C16H20FNO5S. The van der Waals surface area contributed by atoms with E-state index in [1.165, 1.54) is 43.2 Å². The zero-order valence-electron chi connectivity index (χ0n) is 13.6. The minimum atomic E-state index is -3.21. The van der Waals surface area contributed by atoms with E-state index in [0.29, 0.717) is 12.0 Å². The number of sulfone groups is 1. The largest absolute Gasteiger partial charge is 0.467 e. The van der Waals surface area contributed by atoms with E-state index in [2.05, 4.69) is 4.74 Å². The molecule has 0 aromatic heterocycles. The minimum Gasteiger partial charge on any atom is -0.467 e. The Labute approximate surface area is 140 Å². The molecule has 1 aromatic carbocycles. The van der Waals surface area contributed by atoms with Crippen LogP contribution in [0.2, 0.25) is 0 Å². The van der Waals surface area contributed by atoms with Crippen LogP contribution in [-0.4, -0.2) is 55.9 Å². The summed E-state index contributed by atoms with van der Waals surface area (Å²) in [7, 11) is -2.00. The number of esters is 1. The van der Waals surface area contributed by atoms with Gasteiger partial charge in [-0.25, -0.2) is 17.6 Å². The van der Waals surface area contributed by atoms with Crippen LogP contribution in [0.3, 0.4) is 0 Å². The molecule has 0 spiro atoms. The molecule has 1 fully saturated rings. The first-order chi connectivity index (χ1) is 11.2. The van der Waals surface area contributed by atoms with Gasteiger partial charge in [-0.2, -0.15) is 0 Å². The van der Waals surface area contributed by atoms with Crippen molar-refractivity contribution in [3.8, 4) is 0 Å². The summed E-state index contributed by atoms with van der Waals surface area (Å²) in [6, 6.07) is 4.02. The van der Waals surface area contributed by atoms with Gasteiger partial charge in [-0.05, 0) is 31.0 Å². The second kappa shape index (κ2) is 7.29. The number of methoxy groups -OCH3 is 1. The molecule has 0 N–H and O–H groups in total. The number of hydrogen-bond acceptors (Lipinski definition) is 5. The fourth-order valence-electron chi connectivity index (χ4n) is 2.88. The second-order valence-corrected chi connectivity index (χ2v) is 8.09. The Balaban J connectivity index is 2.22. The zero-order chi connectivity index (χ0) is 17.9. The standard InChI is InChI=1S/C16H20FNO5S/c1-11(16(20)23-2)18(14-7-8-24(21,22)10-14)15(19)9-12-3-5-13(17)6-4-12/h3-6,11,14H,7-10H2,1-2H3/t11-,14-/m0/s1. The number of hydrogen-bond donors (Lipinski definition) is 0. The Morgan fingerprint density at radius 1 is 1.33 bits per heavy atom. The van der Waals surface area contributed by atoms with Gasteiger partial charge in [-0.1, -0.05) is 12.1 Å². The summed E-state index contributed by atoms with van der Waals surface area (Å²) < 4.78 is 41.1. The van der Waals surface area contributed by atoms with Crippen LogP contribution in [0.4, 0.5) is 4.39 Å². The van der Waals surface area contributed by atoms with Crippen molar-refractivity contribution in [2.24, 2.45) is 0 Å². The second-order valence-electron chi connectivity index (χ2n) is 5.86. The first-order valence-electron chi connectivity index (χ1n) is 7.57. The number of carbonyl (C=O) groups excluding carboxylic acids is 2. The van der Waals surface area contributed by atoms with E-state index >= 15 is 0 Å². The maximum Gasteiger partial charge on any atom is 0.328 e. The van der Waals surface area contributed by atoms with Crippen LogP contribution in [0.5, 0.6) is 0 Å². The third-order valence-electron chi connectivity index (χ3n) is 4.12. The molecule has 1 aromatic rings. The van der Waals surface area contributed by atoms with Gasteiger partial charge in [-0.3, -0.25) is 4.79 Å². The smallest absolute Gasteiger partial charge is 0.328 e. The van der Waals surface area contributed by atoms with Crippen LogP contribution in [0.1, 0.15) is 18.9 Å². The molecular weight excluding hydrogens is 337 g/mol. The van der Waals surface area contributed by atoms with Gasteiger partial charge in [0.25, 0.3) is 0 Å². The number of nitrogens with zero attached hydrogens (tertiary/aromatic N) is 1. The average Bonchev–Trinajstić information content (AvgIpc) is 2.88. The van der Waals surface area contributed by atoms with Gasteiger partial charge in [0, 0.05) is 6.04 Å². The van der Waals surface area contributed by atoms with Gasteiger partial charge in [0.2, 0.25) is 5.91 Å². The number of amides is 1. The zero-order valence-corrected chi connectivity index (χ0v) is 14.4. The number of carbonyl (C=O) groups is 2. The van der Waals surface area contributed by atoms with Gasteiger partial charge >= 0.3 is 5.97 Å². The normalized spacial score (nSPS) is 20.4. The molecule has 6 nitrogen and oxygen atoms in total. The van der Waals surface area contributed by atoms with Crippen molar-refractivity contribution in [1.29, 1.82) is 0 Å². The Morgan fingerprint density at radius 3 is 2.46 bits per heavy atom. The lowest BCUT2D eigenvalue weighted by atomic mass is 10.1. The van der Waals surface area contributed by atoms with E-state index in [-0.39, 0.29) is 23.8 Å². The molecule has 0 aliphatic carbocycles. The van der Waals surface area contributed by atoms with Crippen LogP contribution in [0.15, 0.2) is 24.3 Å². The van der Waals surface area contributed by atoms with Crippen LogP contribution in [0, 0.1) is 5.82 Å². The molecule has 1 aliphatic heterocycles. The summed E-state index contributed by atoms with van der Waals surface area (Å²) in [5.74, 6) is -1.57. The molecule has 0 radical (unpaired) electrons. The summed E-state index contributed by atoms with van der Waals surface area (Å²) in [6.07, 6.45) is 0.247. The first kappa shape index (κ1) is 18.4. The first-order valence-corrected chi connectivity index (χ1v) is 9.39. The molecule has 2 atom stereocenters. The van der Waals surface area contributed by atoms with Crippen molar-refractivity contribution in [1.82, 2.24) is 4.90 Å². The lowest BCUT2D eigenvalue weighted by Gasteiger charge is -2.32. The monoisotopic (exact) mass is 357 g/mol. The summed E-state index contributed by atoms with van der Waals surface area (Å²) in [6.45, 7) is 1.51. The topological polar surface area (TPSA) is 80.8 Å². The van der Waals surface area contributed by atoms with Crippen molar-refractivity contribution in [3.63, 3.8) is 0 Å². The van der Waals surface area contributed by atoms with E-state index in [0.717, 1.165) is 0 Å². The van der Waals surface area contributed by atoms with E-state index < -0.39 is 33.7 Å². The summed E-state index contributed by atoms with van der Waals surface area (Å²) in [5, 5.41) is 0. The molecule has 0 saturated carbocycles. The number of ether oxygens (including phenoxy) is 1. The molecule has 1 heterocycles. The van der Waals surface area contributed by atoms with E-state index in [1.54, 1.807) is 0 Å². The van der Waals surface area contributed by atoms with Gasteiger partial charge in [0.05, 0.1) is 25.0 Å². The predicted octanol–water partition coefficient (Wildman–Crippen LogP) is 0.945. The molecule has 24 heavy (non-hydrogen) atoms. The van der Waals surface area contributed by atoms with Crippen molar-refractivity contribution in [3.05, 3.63) is 35.6 Å². The summed E-state index contributed by atoms with van der Waals surface area (Å²) in [5.41, 5.74) is 0.587. The van der Waals surface area contributed by atoms with Gasteiger partial charge in [-0.15, -0.1) is 0 Å². The maximum absolute atomic E-state index is 13.0. The number of benzene rings is 1. The Bertz CT molecular complexity index is 716. The minimum absolute atomic E-state index is 0.00805. The Kier molecular flexibility index (Phi) is 5.58. The molecule has 132 valence electrons. The van der Waals surface area contributed by atoms with E-state index in [4.69, 9.17) is 0 Å². The van der Waals surface area contributed by atoms with Crippen molar-refractivity contribution in [2.75, 3.05) is 18.6 Å². The van der Waals surface area contributed by atoms with Crippen molar-refractivity contribution < 1.29 is 27.1 Å². The highest BCUT2D eigenvalue weighted by Crippen LogP contribution is 2.22. The van der Waals surface area contributed by atoms with Crippen LogP contribution in [-0.2, 0) is 30.6 Å². The summed E-state index contributed by atoms with van der Waals surface area (Å²) >= 11 is 0. The van der Waals surface area contributed by atoms with E-state index in [9.17, 15) is 22.4 Å². The van der Waals surface area contributed by atoms with Crippen molar-refractivity contribution >= 4 is 21.7 Å². The predicted molar refractivity (Wildman–Crippen MR) is 85.5 cm³/mol. The molecule has 1 aliphatic rings. The maximum atomic E-state index is 13.0. The molecule has 1 amide bonds. The van der Waals surface area contributed by atoms with Gasteiger partial charge < -0.3 is 9.64 Å². The summed E-state index contributed by atoms with van der Waals surface area (Å²) in [4.78, 5) is 25.8. The SMILES string of the molecule is COC(=O)[C@H](C)N(C(=O)Cc1ccc(F)cc1)[C@H]1CCS(=O)(=O)C1. The fourth-order valence-corrected chi connectivity index (χ4v) is 4.59. The van der Waals surface area contributed by atoms with Gasteiger partial charge in [0.15, 0.2) is 9.84 Å². The van der Waals surface area contributed by atoms with E-state index in [1.807, 2.05) is 0 Å². The van der Waals surface area contributed by atoms with Gasteiger partial charge in [0.1, 0.15) is 11.9 Å². The fraction of sp³-hybridized carbons (Fsp3) is 0.500. The third-order valence-corrected chi connectivity index (χ3v) is 5.87. The van der Waals surface area contributed by atoms with Crippen LogP contribution in [0.25, 0.3) is 0 Å². The highest BCUT2D eigenvalue weighted by atomic mass is 32.2. The van der Waals surface area contributed by atoms with Crippen molar-refractivity contribution in [2.45, 2.75) is 31.8 Å². The Hall–Kier alpha value is -1.96. The molecule has 1 saturated heterocycles. The van der Waals surface area contributed by atoms with Crippen LogP contribution >= 0.6 is 0 Å². The van der Waals surface area contributed by atoms with Crippen LogP contribution < -0.4 is 0 Å². The molecule has 2 rings (SSSR count). The average molecular weight is 357 g/mol. The highest BCUT2D eigenvalue weighted by Gasteiger charge is 2.39. The molecule has 0 unspecified atom stereocenters. The third kappa shape index (κ3) is 4.31. The highest BCUT2D eigenvalue weighted by molar-refractivity contribution is 7.91. The lowest BCUT2D eigenvalue weighted by Crippen LogP contribution is -2.50. The Morgan fingerprint density at radius 2 is 1.96 bits per heavy atom. The molecule has 0 bridgehead atoms. The quantitative estimate of drug-likeness (QED) is 0.733. The lowest BCUT2D eigenvalue weighted by molar-refractivity contribution is -0.153. The molecule has 8 heteroatoms.